The minimum absolute atomic E-state index is 0.115. The van der Waals surface area contributed by atoms with Gasteiger partial charge in [-0.15, -0.1) is 0 Å². The lowest BCUT2D eigenvalue weighted by molar-refractivity contribution is -0.140. The van der Waals surface area contributed by atoms with E-state index in [1.165, 1.54) is 17.0 Å². The Hall–Kier alpha value is -3.72. The normalized spacial score (nSPS) is 12.0. The molecule has 7 nitrogen and oxygen atoms in total. The molecule has 0 saturated carbocycles. The van der Waals surface area contributed by atoms with Gasteiger partial charge in [0.15, 0.2) is 0 Å². The Balaban J connectivity index is 2.04. The van der Waals surface area contributed by atoms with Crippen LogP contribution in [0.1, 0.15) is 30.0 Å². The van der Waals surface area contributed by atoms with Crippen molar-refractivity contribution >= 4 is 27.5 Å². The van der Waals surface area contributed by atoms with Crippen molar-refractivity contribution < 1.29 is 22.4 Å². The van der Waals surface area contributed by atoms with E-state index in [4.69, 9.17) is 0 Å². The molecule has 2 amide bonds. The number of sulfonamides is 1. The van der Waals surface area contributed by atoms with Gasteiger partial charge >= 0.3 is 0 Å². The van der Waals surface area contributed by atoms with E-state index < -0.39 is 34.3 Å². The van der Waals surface area contributed by atoms with E-state index >= 15 is 0 Å². The number of aryl methyl sites for hydroxylation is 1. The van der Waals surface area contributed by atoms with Crippen LogP contribution in [-0.2, 0) is 32.6 Å². The van der Waals surface area contributed by atoms with Crippen LogP contribution < -0.4 is 9.62 Å². The summed E-state index contributed by atoms with van der Waals surface area (Å²) >= 11 is 0. The maximum atomic E-state index is 13.9. The monoisotopic (exact) mass is 539 g/mol. The minimum atomic E-state index is -3.90. The predicted octanol–water partition coefficient (Wildman–Crippen LogP) is 4.07. The van der Waals surface area contributed by atoms with Crippen LogP contribution in [-0.4, -0.2) is 50.5 Å². The van der Waals surface area contributed by atoms with Crippen molar-refractivity contribution in [3.8, 4) is 0 Å². The molecule has 202 valence electrons. The van der Waals surface area contributed by atoms with Crippen LogP contribution in [0.2, 0.25) is 0 Å². The van der Waals surface area contributed by atoms with Crippen molar-refractivity contribution in [2.24, 2.45) is 0 Å². The van der Waals surface area contributed by atoms with E-state index in [1.807, 2.05) is 68.4 Å². The second-order valence-corrected chi connectivity index (χ2v) is 11.1. The number of benzene rings is 3. The van der Waals surface area contributed by atoms with Gasteiger partial charge in [0, 0.05) is 19.5 Å². The van der Waals surface area contributed by atoms with Crippen LogP contribution in [0.3, 0.4) is 0 Å². The lowest BCUT2D eigenvalue weighted by atomic mass is 10.0. The van der Waals surface area contributed by atoms with Gasteiger partial charge in [-0.1, -0.05) is 61.5 Å². The summed E-state index contributed by atoms with van der Waals surface area (Å²) in [6.07, 6.45) is 1.97. The van der Waals surface area contributed by atoms with Crippen molar-refractivity contribution in [2.75, 3.05) is 23.7 Å². The van der Waals surface area contributed by atoms with Crippen LogP contribution in [0, 0.1) is 12.7 Å². The topological polar surface area (TPSA) is 86.8 Å². The molecular formula is C29H34FN3O4S. The number of rotatable bonds is 12. The molecule has 3 aromatic rings. The summed E-state index contributed by atoms with van der Waals surface area (Å²) in [6.45, 7) is 3.88. The molecule has 1 N–H and O–H groups in total. The van der Waals surface area contributed by atoms with Crippen molar-refractivity contribution in [2.45, 2.75) is 39.3 Å². The highest BCUT2D eigenvalue weighted by atomic mass is 32.2. The molecule has 9 heteroatoms. The first kappa shape index (κ1) is 28.8. The molecule has 0 spiro atoms. The van der Waals surface area contributed by atoms with Crippen LogP contribution in [0.5, 0.6) is 0 Å². The number of carbonyl (C=O) groups excluding carboxylic acids is 2. The standard InChI is InChI=1S/C29H34FN3O4S/c1-4-18-31-29(35)27(19-23-11-6-5-7-12-23)32(20-24-13-9-8-10-22(24)2)28(34)21-33(38(3,36)37)26-16-14-25(30)15-17-26/h5-17,27H,4,18-21H2,1-3H3,(H,31,35)/t27-/m0/s1. The van der Waals surface area contributed by atoms with Gasteiger partial charge in [-0.25, -0.2) is 12.8 Å². The summed E-state index contributed by atoms with van der Waals surface area (Å²) in [6, 6.07) is 20.9. The molecule has 0 radical (unpaired) electrons. The summed E-state index contributed by atoms with van der Waals surface area (Å²) in [4.78, 5) is 28.8. The Kier molecular flexibility index (Phi) is 10.0. The maximum Gasteiger partial charge on any atom is 0.244 e. The highest BCUT2D eigenvalue weighted by Gasteiger charge is 2.33. The number of halogens is 1. The Labute approximate surface area is 224 Å². The third-order valence-corrected chi connectivity index (χ3v) is 7.36. The smallest absolute Gasteiger partial charge is 0.244 e. The van der Waals surface area contributed by atoms with Crippen LogP contribution in [0.25, 0.3) is 0 Å². The largest absolute Gasteiger partial charge is 0.354 e. The first-order chi connectivity index (χ1) is 18.1. The average Bonchev–Trinajstić information content (AvgIpc) is 2.89. The maximum absolute atomic E-state index is 13.9. The van der Waals surface area contributed by atoms with Crippen molar-refractivity contribution in [3.63, 3.8) is 0 Å². The molecule has 1 atom stereocenters. The summed E-state index contributed by atoms with van der Waals surface area (Å²) in [5.74, 6) is -1.38. The number of hydrogen-bond acceptors (Lipinski definition) is 4. The fourth-order valence-electron chi connectivity index (χ4n) is 4.11. The van der Waals surface area contributed by atoms with Crippen molar-refractivity contribution in [1.29, 1.82) is 0 Å². The molecule has 0 heterocycles. The SMILES string of the molecule is CCCNC(=O)[C@H](Cc1ccccc1)N(Cc1ccccc1C)C(=O)CN(c1ccc(F)cc1)S(C)(=O)=O. The predicted molar refractivity (Wildman–Crippen MR) is 148 cm³/mol. The van der Waals surface area contributed by atoms with E-state index in [0.717, 1.165) is 45.8 Å². The average molecular weight is 540 g/mol. The number of carbonyl (C=O) groups is 2. The number of nitrogens with one attached hydrogen (secondary N) is 1. The Morgan fingerprint density at radius 3 is 2.18 bits per heavy atom. The van der Waals surface area contributed by atoms with E-state index in [-0.39, 0.29) is 24.6 Å². The lowest BCUT2D eigenvalue weighted by Crippen LogP contribution is -2.53. The van der Waals surface area contributed by atoms with Gasteiger partial charge in [0.05, 0.1) is 11.9 Å². The van der Waals surface area contributed by atoms with Crippen LogP contribution in [0.4, 0.5) is 10.1 Å². The van der Waals surface area contributed by atoms with Crippen molar-refractivity contribution in [1.82, 2.24) is 10.2 Å². The van der Waals surface area contributed by atoms with Gasteiger partial charge < -0.3 is 10.2 Å². The van der Waals surface area contributed by atoms with Gasteiger partial charge in [-0.2, -0.15) is 0 Å². The Morgan fingerprint density at radius 2 is 1.58 bits per heavy atom. The first-order valence-corrected chi connectivity index (χ1v) is 14.3. The van der Waals surface area contributed by atoms with E-state index in [2.05, 4.69) is 5.32 Å². The van der Waals surface area contributed by atoms with Crippen molar-refractivity contribution in [3.05, 3.63) is 101 Å². The zero-order valence-electron chi connectivity index (χ0n) is 21.9. The molecular weight excluding hydrogens is 505 g/mol. The molecule has 0 aliphatic rings. The van der Waals surface area contributed by atoms with Gasteiger partial charge in [0.1, 0.15) is 18.4 Å². The first-order valence-electron chi connectivity index (χ1n) is 12.5. The van der Waals surface area contributed by atoms with Gasteiger partial charge in [-0.05, 0) is 54.3 Å². The fourth-order valence-corrected chi connectivity index (χ4v) is 4.96. The zero-order chi connectivity index (χ0) is 27.7. The van der Waals surface area contributed by atoms with Gasteiger partial charge in [-0.3, -0.25) is 13.9 Å². The van der Waals surface area contributed by atoms with E-state index in [0.29, 0.717) is 6.54 Å². The van der Waals surface area contributed by atoms with Crippen LogP contribution in [0.15, 0.2) is 78.9 Å². The third kappa shape index (κ3) is 7.89. The highest BCUT2D eigenvalue weighted by molar-refractivity contribution is 7.92. The summed E-state index contributed by atoms with van der Waals surface area (Å²) in [5, 5.41) is 2.90. The quantitative estimate of drug-likeness (QED) is 0.376. The number of amides is 2. The molecule has 38 heavy (non-hydrogen) atoms. The lowest BCUT2D eigenvalue weighted by Gasteiger charge is -2.33. The fraction of sp³-hybridized carbons (Fsp3) is 0.310. The molecule has 3 rings (SSSR count). The van der Waals surface area contributed by atoms with Gasteiger partial charge in [0.25, 0.3) is 0 Å². The molecule has 0 unspecified atom stereocenters. The van der Waals surface area contributed by atoms with E-state index in [1.54, 1.807) is 0 Å². The molecule has 0 aliphatic carbocycles. The second kappa shape index (κ2) is 13.2. The summed E-state index contributed by atoms with van der Waals surface area (Å²) in [5.41, 5.74) is 2.81. The molecule has 0 aromatic heterocycles. The third-order valence-electron chi connectivity index (χ3n) is 6.22. The number of hydrogen-bond donors (Lipinski definition) is 1. The molecule has 3 aromatic carbocycles. The van der Waals surface area contributed by atoms with E-state index in [9.17, 15) is 22.4 Å². The van der Waals surface area contributed by atoms with Crippen LogP contribution >= 0.6 is 0 Å². The highest BCUT2D eigenvalue weighted by Crippen LogP contribution is 2.21. The molecule has 0 saturated heterocycles. The number of anilines is 1. The molecule has 0 aliphatic heterocycles. The van der Waals surface area contributed by atoms with Gasteiger partial charge in [0.2, 0.25) is 21.8 Å². The zero-order valence-corrected chi connectivity index (χ0v) is 22.7. The number of nitrogens with zero attached hydrogens (tertiary/aromatic N) is 2. The Morgan fingerprint density at radius 1 is 0.947 bits per heavy atom. The minimum Gasteiger partial charge on any atom is -0.354 e. The second-order valence-electron chi connectivity index (χ2n) is 9.19. The molecule has 0 fully saturated rings. The summed E-state index contributed by atoms with van der Waals surface area (Å²) < 4.78 is 39.9. The summed E-state index contributed by atoms with van der Waals surface area (Å²) in [7, 11) is -3.90. The Bertz CT molecular complexity index is 1330. The molecule has 0 bridgehead atoms.